The predicted molar refractivity (Wildman–Crippen MR) is 118 cm³/mol. The first-order valence-electron chi connectivity index (χ1n) is 9.88. The maximum atomic E-state index is 12.6. The van der Waals surface area contributed by atoms with Gasteiger partial charge in [-0.05, 0) is 55.9 Å². The molecule has 7 heteroatoms. The van der Waals surface area contributed by atoms with Gasteiger partial charge in [0.2, 0.25) is 5.91 Å². The van der Waals surface area contributed by atoms with Crippen LogP contribution in [-0.4, -0.2) is 36.3 Å². The monoisotopic (exact) mass is 407 g/mol. The fourth-order valence-corrected chi connectivity index (χ4v) is 3.14. The molecule has 0 saturated carbocycles. The van der Waals surface area contributed by atoms with Gasteiger partial charge in [0.1, 0.15) is 11.1 Å². The van der Waals surface area contributed by atoms with Crippen LogP contribution in [0.2, 0.25) is 0 Å². The van der Waals surface area contributed by atoms with Gasteiger partial charge < -0.3 is 15.1 Å². The second-order valence-electron chi connectivity index (χ2n) is 6.98. The molecule has 0 aliphatic rings. The van der Waals surface area contributed by atoms with Crippen LogP contribution in [0.3, 0.4) is 0 Å². The Hall–Kier alpha value is -3.45. The molecule has 30 heavy (non-hydrogen) atoms. The Balaban J connectivity index is 1.73. The van der Waals surface area contributed by atoms with Crippen molar-refractivity contribution < 1.29 is 14.0 Å². The quantitative estimate of drug-likeness (QED) is 0.584. The zero-order valence-electron chi connectivity index (χ0n) is 17.3. The normalized spacial score (nSPS) is 10.9. The number of carbonyl (C=O) groups is 2. The van der Waals surface area contributed by atoms with E-state index in [-0.39, 0.29) is 11.5 Å². The summed E-state index contributed by atoms with van der Waals surface area (Å²) in [6.45, 7) is 7.79. The number of likely N-dealkylation sites (N-methyl/N-ethyl adjacent to an activating group) is 1. The van der Waals surface area contributed by atoms with Crippen LogP contribution in [0, 0.1) is 6.92 Å². The summed E-state index contributed by atoms with van der Waals surface area (Å²) in [5, 5.41) is 6.28. The number of para-hydroxylation sites is 1. The summed E-state index contributed by atoms with van der Waals surface area (Å²) in [4.78, 5) is 39.0. The minimum absolute atomic E-state index is 0.0667. The molecule has 0 aliphatic carbocycles. The molecule has 0 aliphatic heterocycles. The Morgan fingerprint density at radius 3 is 2.43 bits per heavy atom. The molecular weight excluding hydrogens is 382 g/mol. The van der Waals surface area contributed by atoms with Crippen LogP contribution < -0.4 is 16.3 Å². The average Bonchev–Trinajstić information content (AvgIpc) is 2.73. The number of anilines is 2. The minimum Gasteiger partial charge on any atom is -0.422 e. The van der Waals surface area contributed by atoms with E-state index in [9.17, 15) is 14.4 Å². The molecule has 2 aromatic carbocycles. The summed E-state index contributed by atoms with van der Waals surface area (Å²) < 4.78 is 5.22. The van der Waals surface area contributed by atoms with Gasteiger partial charge in [-0.1, -0.05) is 32.0 Å². The van der Waals surface area contributed by atoms with Crippen LogP contribution in [0.5, 0.6) is 0 Å². The van der Waals surface area contributed by atoms with Crippen molar-refractivity contribution in [1.82, 2.24) is 4.90 Å². The summed E-state index contributed by atoms with van der Waals surface area (Å²) in [6, 6.07) is 13.7. The highest BCUT2D eigenvalue weighted by Crippen LogP contribution is 2.21. The van der Waals surface area contributed by atoms with E-state index in [4.69, 9.17) is 4.42 Å². The average molecular weight is 407 g/mol. The molecule has 0 unspecified atom stereocenters. The Labute approximate surface area is 174 Å². The van der Waals surface area contributed by atoms with Gasteiger partial charge in [0.25, 0.3) is 5.91 Å². The van der Waals surface area contributed by atoms with Crippen LogP contribution in [0.1, 0.15) is 29.8 Å². The molecule has 1 aromatic heterocycles. The topological polar surface area (TPSA) is 91.7 Å². The fourth-order valence-electron chi connectivity index (χ4n) is 3.14. The number of amides is 2. The van der Waals surface area contributed by atoms with E-state index in [1.807, 2.05) is 25.7 Å². The standard InChI is InChI=1S/C23H25N3O4/c1-4-26(5-2)14-21(27)25-19-11-10-17(12-15(19)3)24-22(28)18-13-16-8-6-7-9-20(16)30-23(18)29/h6-13H,4-5,14H2,1-3H3,(H,24,28)(H,25,27). The van der Waals surface area contributed by atoms with Crippen LogP contribution in [0.4, 0.5) is 11.4 Å². The highest BCUT2D eigenvalue weighted by molar-refractivity contribution is 6.05. The van der Waals surface area contributed by atoms with Crippen molar-refractivity contribution in [1.29, 1.82) is 0 Å². The van der Waals surface area contributed by atoms with E-state index < -0.39 is 11.5 Å². The number of hydrogen-bond donors (Lipinski definition) is 2. The number of nitrogens with one attached hydrogen (secondary N) is 2. The molecule has 3 aromatic rings. The summed E-state index contributed by atoms with van der Waals surface area (Å²) in [5.41, 5.74) is 1.67. The van der Waals surface area contributed by atoms with Crippen molar-refractivity contribution in [2.75, 3.05) is 30.3 Å². The second-order valence-corrected chi connectivity index (χ2v) is 6.98. The molecule has 0 atom stereocenters. The smallest absolute Gasteiger partial charge is 0.349 e. The first kappa shape index (κ1) is 21.3. The van der Waals surface area contributed by atoms with Crippen molar-refractivity contribution in [2.24, 2.45) is 0 Å². The van der Waals surface area contributed by atoms with Crippen LogP contribution in [0.15, 0.2) is 57.7 Å². The summed E-state index contributed by atoms with van der Waals surface area (Å²) in [7, 11) is 0. The SMILES string of the molecule is CCN(CC)CC(=O)Nc1ccc(NC(=O)c2cc3ccccc3oc2=O)cc1C. The van der Waals surface area contributed by atoms with E-state index in [0.29, 0.717) is 28.9 Å². The third-order valence-electron chi connectivity index (χ3n) is 4.91. The zero-order chi connectivity index (χ0) is 21.7. The van der Waals surface area contributed by atoms with Crippen molar-refractivity contribution in [2.45, 2.75) is 20.8 Å². The van der Waals surface area contributed by atoms with Gasteiger partial charge in [0.05, 0.1) is 6.54 Å². The summed E-state index contributed by atoms with van der Waals surface area (Å²) in [6.07, 6.45) is 0. The summed E-state index contributed by atoms with van der Waals surface area (Å²) in [5.74, 6) is -0.639. The summed E-state index contributed by atoms with van der Waals surface area (Å²) >= 11 is 0. The van der Waals surface area contributed by atoms with Gasteiger partial charge in [-0.2, -0.15) is 0 Å². The molecule has 2 N–H and O–H groups in total. The molecule has 7 nitrogen and oxygen atoms in total. The first-order valence-corrected chi connectivity index (χ1v) is 9.88. The molecule has 0 spiro atoms. The minimum atomic E-state index is -0.691. The van der Waals surface area contributed by atoms with Gasteiger partial charge in [-0.25, -0.2) is 4.79 Å². The third-order valence-corrected chi connectivity index (χ3v) is 4.91. The molecule has 0 saturated heterocycles. The first-order chi connectivity index (χ1) is 14.4. The number of carbonyl (C=O) groups excluding carboxylic acids is 2. The van der Waals surface area contributed by atoms with Crippen molar-refractivity contribution >= 4 is 34.2 Å². The largest absolute Gasteiger partial charge is 0.422 e. The van der Waals surface area contributed by atoms with E-state index in [1.54, 1.807) is 42.5 Å². The van der Waals surface area contributed by atoms with Gasteiger partial charge in [0, 0.05) is 16.8 Å². The van der Waals surface area contributed by atoms with E-state index in [1.165, 1.54) is 6.07 Å². The zero-order valence-corrected chi connectivity index (χ0v) is 17.3. The molecule has 156 valence electrons. The van der Waals surface area contributed by atoms with Crippen molar-refractivity contribution in [3.63, 3.8) is 0 Å². The molecule has 2 amide bonds. The van der Waals surface area contributed by atoms with Crippen molar-refractivity contribution in [3.8, 4) is 0 Å². The number of fused-ring (bicyclic) bond motifs is 1. The lowest BCUT2D eigenvalue weighted by atomic mass is 10.1. The highest BCUT2D eigenvalue weighted by atomic mass is 16.4. The Morgan fingerprint density at radius 2 is 1.73 bits per heavy atom. The van der Waals surface area contributed by atoms with Crippen LogP contribution >= 0.6 is 0 Å². The fraction of sp³-hybridized carbons (Fsp3) is 0.261. The molecule has 0 radical (unpaired) electrons. The predicted octanol–water partition coefficient (Wildman–Crippen LogP) is 3.63. The van der Waals surface area contributed by atoms with E-state index in [2.05, 4.69) is 10.6 Å². The molecule has 0 fully saturated rings. The Kier molecular flexibility index (Phi) is 6.64. The maximum Gasteiger partial charge on any atom is 0.349 e. The Morgan fingerprint density at radius 1 is 1.00 bits per heavy atom. The molecule has 0 bridgehead atoms. The number of benzene rings is 2. The van der Waals surface area contributed by atoms with Crippen LogP contribution in [0.25, 0.3) is 11.0 Å². The number of hydrogen-bond acceptors (Lipinski definition) is 5. The number of aryl methyl sites for hydroxylation is 1. The van der Waals surface area contributed by atoms with Gasteiger partial charge >= 0.3 is 5.63 Å². The van der Waals surface area contributed by atoms with E-state index in [0.717, 1.165) is 18.7 Å². The second kappa shape index (κ2) is 9.37. The van der Waals surface area contributed by atoms with Gasteiger partial charge in [0.15, 0.2) is 0 Å². The molecule has 1 heterocycles. The number of rotatable bonds is 7. The van der Waals surface area contributed by atoms with Gasteiger partial charge in [-0.15, -0.1) is 0 Å². The Bertz CT molecular complexity index is 1130. The number of nitrogens with zero attached hydrogens (tertiary/aromatic N) is 1. The lowest BCUT2D eigenvalue weighted by Gasteiger charge is -2.18. The van der Waals surface area contributed by atoms with E-state index >= 15 is 0 Å². The maximum absolute atomic E-state index is 12.6. The highest BCUT2D eigenvalue weighted by Gasteiger charge is 2.15. The molecule has 3 rings (SSSR count). The van der Waals surface area contributed by atoms with Crippen LogP contribution in [-0.2, 0) is 4.79 Å². The van der Waals surface area contributed by atoms with Crippen molar-refractivity contribution in [3.05, 3.63) is 70.1 Å². The third kappa shape index (κ3) is 4.93. The lowest BCUT2D eigenvalue weighted by Crippen LogP contribution is -2.33. The van der Waals surface area contributed by atoms with Gasteiger partial charge in [-0.3, -0.25) is 14.5 Å². The lowest BCUT2D eigenvalue weighted by molar-refractivity contribution is -0.117. The molecular formula is C23H25N3O4.